The van der Waals surface area contributed by atoms with Crippen molar-refractivity contribution in [3.8, 4) is 0 Å². The average molecular weight is 896 g/mol. The zero-order valence-electron chi connectivity index (χ0n) is 39.4. The summed E-state index contributed by atoms with van der Waals surface area (Å²) in [5.74, 6) is 5.37. The quantitative estimate of drug-likeness (QED) is 0.251. The van der Waals surface area contributed by atoms with Crippen LogP contribution >= 0.6 is 23.1 Å². The molecule has 6 aliphatic carbocycles. The van der Waals surface area contributed by atoms with Gasteiger partial charge in [0.25, 0.3) is 0 Å². The molecule has 14 unspecified atom stereocenters. The highest BCUT2D eigenvalue weighted by Gasteiger charge is 2.61. The molecular formula is C59H65N3OS2. The number of ether oxygens (including phenoxy) is 1. The molecule has 0 radical (unpaired) electrons. The van der Waals surface area contributed by atoms with Gasteiger partial charge in [-0.2, -0.15) is 0 Å². The molecule has 0 spiro atoms. The monoisotopic (exact) mass is 895 g/mol. The van der Waals surface area contributed by atoms with Crippen molar-refractivity contribution in [1.82, 2.24) is 10.6 Å². The Labute approximate surface area is 396 Å². The molecule has 0 saturated heterocycles. The number of nitrogens with one attached hydrogen (secondary N) is 2. The maximum Gasteiger partial charge on any atom is 0.135 e. The third kappa shape index (κ3) is 6.21. The largest absolute Gasteiger partial charge is 0.486 e. The Hall–Kier alpha value is -4.36. The van der Waals surface area contributed by atoms with E-state index in [1.165, 1.54) is 50.5 Å². The predicted molar refractivity (Wildman–Crippen MR) is 272 cm³/mol. The molecule has 2 N–H and O–H groups in total. The maximum absolute atomic E-state index is 7.32. The Morgan fingerprint density at radius 3 is 2.46 bits per heavy atom. The topological polar surface area (TPSA) is 45.6 Å². The Morgan fingerprint density at radius 2 is 1.65 bits per heavy atom. The lowest BCUT2D eigenvalue weighted by Crippen LogP contribution is -2.54. The summed E-state index contributed by atoms with van der Waals surface area (Å²) < 4.78 is 7.36. The summed E-state index contributed by atoms with van der Waals surface area (Å²) in [5, 5.41) is 7.78. The smallest absolute Gasteiger partial charge is 0.135 e. The molecular weight excluding hydrogens is 831 g/mol. The molecule has 0 saturated carbocycles. The highest BCUT2D eigenvalue weighted by Crippen LogP contribution is 2.71. The lowest BCUT2D eigenvalue weighted by molar-refractivity contribution is 0.0461. The first kappa shape index (κ1) is 42.0. The molecule has 12 rings (SSSR count). The van der Waals surface area contributed by atoms with Crippen LogP contribution in [0.1, 0.15) is 142 Å². The highest BCUT2D eigenvalue weighted by atomic mass is 32.2. The highest BCUT2D eigenvalue weighted by molar-refractivity contribution is 8.01. The maximum atomic E-state index is 7.32. The van der Waals surface area contributed by atoms with Crippen LogP contribution in [-0.2, 0) is 11.2 Å². The molecule has 3 aliphatic heterocycles. The fourth-order valence-electron chi connectivity index (χ4n) is 14.1. The second kappa shape index (κ2) is 15.1. The summed E-state index contributed by atoms with van der Waals surface area (Å²) >= 11 is 4.33. The first-order valence-corrected chi connectivity index (χ1v) is 26.3. The van der Waals surface area contributed by atoms with Crippen LogP contribution < -0.4 is 10.6 Å². The SMILES string of the molecule is CC1C=Cc2sc3c(c2C1)C(C)C(C1(C)CC=CC2c4cccc(C5C=CC6=C(OC7(C)C=CC=C(C8N=C(C9(C)C=CC=CC9)NC(c9ccccc9)N8)C67)C5C)c4SC21C)CC3C. The molecule has 334 valence electrons. The van der Waals surface area contributed by atoms with Gasteiger partial charge >= 0.3 is 0 Å². The van der Waals surface area contributed by atoms with E-state index < -0.39 is 5.60 Å². The molecule has 65 heavy (non-hydrogen) atoms. The van der Waals surface area contributed by atoms with Crippen LogP contribution in [0.4, 0.5) is 0 Å². The van der Waals surface area contributed by atoms with E-state index in [2.05, 4.69) is 217 Å². The van der Waals surface area contributed by atoms with Crippen molar-refractivity contribution in [3.05, 3.63) is 176 Å². The van der Waals surface area contributed by atoms with Gasteiger partial charge in [0.1, 0.15) is 29.5 Å². The number of amidine groups is 1. The lowest BCUT2D eigenvalue weighted by Gasteiger charge is -2.56. The summed E-state index contributed by atoms with van der Waals surface area (Å²) in [4.78, 5) is 10.3. The summed E-state index contributed by atoms with van der Waals surface area (Å²) in [6.07, 6.45) is 34.9. The Kier molecular flexibility index (Phi) is 9.75. The van der Waals surface area contributed by atoms with Crippen LogP contribution in [0.3, 0.4) is 0 Å². The van der Waals surface area contributed by atoms with E-state index in [9.17, 15) is 0 Å². The van der Waals surface area contributed by atoms with Crippen LogP contribution in [-0.4, -0.2) is 22.3 Å². The molecule has 6 heteroatoms. The van der Waals surface area contributed by atoms with Gasteiger partial charge < -0.3 is 10.1 Å². The average Bonchev–Trinajstić information content (AvgIpc) is 3.96. The summed E-state index contributed by atoms with van der Waals surface area (Å²) in [6.45, 7) is 19.9. The predicted octanol–water partition coefficient (Wildman–Crippen LogP) is 14.4. The van der Waals surface area contributed by atoms with Gasteiger partial charge in [-0.25, -0.2) is 4.99 Å². The van der Waals surface area contributed by atoms with Crippen LogP contribution in [0.2, 0.25) is 0 Å². The molecule has 9 aliphatic rings. The number of hydrogen-bond acceptors (Lipinski definition) is 6. The summed E-state index contributed by atoms with van der Waals surface area (Å²) in [5.41, 5.74) is 9.57. The van der Waals surface area contributed by atoms with E-state index in [0.29, 0.717) is 29.6 Å². The lowest BCUT2D eigenvalue weighted by atomic mass is 9.52. The zero-order chi connectivity index (χ0) is 44.6. The van der Waals surface area contributed by atoms with Crippen LogP contribution in [0.15, 0.2) is 148 Å². The van der Waals surface area contributed by atoms with Gasteiger partial charge in [0, 0.05) is 48.1 Å². The van der Waals surface area contributed by atoms with Crippen molar-refractivity contribution in [2.24, 2.45) is 39.5 Å². The second-order valence-corrected chi connectivity index (χ2v) is 24.5. The molecule has 1 aromatic heterocycles. The van der Waals surface area contributed by atoms with E-state index in [0.717, 1.165) is 24.4 Å². The van der Waals surface area contributed by atoms with E-state index >= 15 is 0 Å². The number of benzene rings is 2. The number of thiophene rings is 1. The number of thioether (sulfide) groups is 1. The molecule has 0 bridgehead atoms. The number of fused-ring (bicyclic) bond motifs is 8. The fraction of sp³-hybridized carbons (Fsp3) is 0.441. The van der Waals surface area contributed by atoms with Crippen molar-refractivity contribution in [2.75, 3.05) is 0 Å². The van der Waals surface area contributed by atoms with E-state index in [1.54, 1.807) is 16.0 Å². The van der Waals surface area contributed by atoms with Crippen molar-refractivity contribution in [1.29, 1.82) is 0 Å². The zero-order valence-corrected chi connectivity index (χ0v) is 41.0. The number of hydrogen-bond donors (Lipinski definition) is 2. The van der Waals surface area contributed by atoms with Crippen molar-refractivity contribution in [3.63, 3.8) is 0 Å². The molecule has 2 aromatic carbocycles. The Morgan fingerprint density at radius 1 is 0.815 bits per heavy atom. The summed E-state index contributed by atoms with van der Waals surface area (Å²) in [6, 6.07) is 18.0. The third-order valence-electron chi connectivity index (χ3n) is 17.9. The van der Waals surface area contributed by atoms with Gasteiger partial charge in [0.05, 0.1) is 5.92 Å². The minimum atomic E-state index is -0.504. The van der Waals surface area contributed by atoms with E-state index in [-0.39, 0.29) is 45.7 Å². The molecule has 4 nitrogen and oxygen atoms in total. The van der Waals surface area contributed by atoms with Crippen LogP contribution in [0.5, 0.6) is 0 Å². The number of allylic oxidation sites excluding steroid dienone is 11. The van der Waals surface area contributed by atoms with Crippen molar-refractivity contribution >= 4 is 35.0 Å². The first-order chi connectivity index (χ1) is 31.3. The standard InChI is InChI=1S/C59H65N3OS2/c1-34-24-27-47-44(32-34)48-37(4)46(33-35(2)51(48)64-47)57(6)30-17-23-45-41-21-15-20-40(52(41)65-59(45,57)8)39-25-26-42-49-43(22-16-31-58(49,7)63-50(42)36(39)3)54-60-53(38-18-11-9-12-19-38)61-55(62-54)56(5)28-13-10-14-29-56/h9-28,31,34-37,39,45-46,49,53-54,60H,29-30,32-33H2,1-8H3,(H,61,62). The number of nitrogens with zero attached hydrogens (tertiary/aromatic N) is 1. The van der Waals surface area contributed by atoms with Gasteiger partial charge in [-0.05, 0) is 121 Å². The normalized spacial score (nSPS) is 40.5. The van der Waals surface area contributed by atoms with Crippen molar-refractivity contribution < 1.29 is 4.74 Å². The Balaban J connectivity index is 0.862. The van der Waals surface area contributed by atoms with Crippen LogP contribution in [0, 0.1) is 34.5 Å². The van der Waals surface area contributed by atoms with Crippen LogP contribution in [0.25, 0.3) is 6.08 Å². The van der Waals surface area contributed by atoms with E-state index in [4.69, 9.17) is 9.73 Å². The van der Waals surface area contributed by atoms with Gasteiger partial charge in [-0.3, -0.25) is 5.32 Å². The van der Waals surface area contributed by atoms with Crippen molar-refractivity contribution in [2.45, 2.75) is 132 Å². The Bertz CT molecular complexity index is 2760. The minimum absolute atomic E-state index is 0.0437. The van der Waals surface area contributed by atoms with E-state index in [1.807, 2.05) is 0 Å². The third-order valence-corrected chi connectivity index (χ3v) is 21.2. The van der Waals surface area contributed by atoms with Gasteiger partial charge in [0.15, 0.2) is 0 Å². The molecule has 4 heterocycles. The van der Waals surface area contributed by atoms with Gasteiger partial charge in [-0.15, -0.1) is 23.1 Å². The first-order valence-electron chi connectivity index (χ1n) is 24.6. The summed E-state index contributed by atoms with van der Waals surface area (Å²) in [7, 11) is 0. The molecule has 0 fully saturated rings. The fourth-order valence-corrected chi connectivity index (χ4v) is 17.4. The molecule has 14 atom stereocenters. The number of aliphatic imine (C=N–C) groups is 1. The molecule has 3 aromatic rings. The minimum Gasteiger partial charge on any atom is -0.486 e. The second-order valence-electron chi connectivity index (χ2n) is 22.0. The van der Waals surface area contributed by atoms with Gasteiger partial charge in [-0.1, -0.05) is 150 Å². The molecule has 0 amide bonds. The van der Waals surface area contributed by atoms with Gasteiger partial charge in [0.2, 0.25) is 0 Å². The number of rotatable bonds is 5.